The molecular formula is C20H22O4. The standard InChI is InChI=1S/C20H22O4/c1-14(2)20(21)24-12-11-23-18-8-5-16(6-9-18)17-7-10-19(22-4)15(3)13-17/h5-10,13H,1,11-12H2,2-4H3. The van der Waals surface area contributed by atoms with Gasteiger partial charge >= 0.3 is 5.97 Å². The smallest absolute Gasteiger partial charge is 0.333 e. The molecular weight excluding hydrogens is 304 g/mol. The molecule has 0 aromatic heterocycles. The molecule has 0 saturated carbocycles. The lowest BCUT2D eigenvalue weighted by Crippen LogP contribution is -2.12. The van der Waals surface area contributed by atoms with Gasteiger partial charge in [-0.1, -0.05) is 24.8 Å². The highest BCUT2D eigenvalue weighted by Crippen LogP contribution is 2.27. The zero-order valence-corrected chi connectivity index (χ0v) is 14.3. The van der Waals surface area contributed by atoms with E-state index < -0.39 is 5.97 Å². The van der Waals surface area contributed by atoms with Crippen molar-refractivity contribution >= 4 is 5.97 Å². The van der Waals surface area contributed by atoms with Crippen LogP contribution in [0, 0.1) is 6.92 Å². The Morgan fingerprint density at radius 1 is 1.04 bits per heavy atom. The predicted molar refractivity (Wildman–Crippen MR) is 94.4 cm³/mol. The van der Waals surface area contributed by atoms with Crippen LogP contribution in [0.3, 0.4) is 0 Å². The molecule has 0 spiro atoms. The van der Waals surface area contributed by atoms with Crippen LogP contribution in [-0.4, -0.2) is 26.3 Å². The average molecular weight is 326 g/mol. The van der Waals surface area contributed by atoms with Gasteiger partial charge in [-0.15, -0.1) is 0 Å². The molecule has 0 amide bonds. The molecule has 0 saturated heterocycles. The molecule has 0 radical (unpaired) electrons. The topological polar surface area (TPSA) is 44.8 Å². The Balaban J connectivity index is 1.92. The van der Waals surface area contributed by atoms with E-state index in [-0.39, 0.29) is 6.61 Å². The number of methoxy groups -OCH3 is 1. The zero-order chi connectivity index (χ0) is 17.5. The largest absolute Gasteiger partial charge is 0.496 e. The van der Waals surface area contributed by atoms with Crippen LogP contribution in [0.5, 0.6) is 11.5 Å². The van der Waals surface area contributed by atoms with E-state index in [1.54, 1.807) is 14.0 Å². The summed E-state index contributed by atoms with van der Waals surface area (Å²) in [4.78, 5) is 11.2. The van der Waals surface area contributed by atoms with Gasteiger partial charge in [0.25, 0.3) is 0 Å². The lowest BCUT2D eigenvalue weighted by molar-refractivity contribution is -0.139. The van der Waals surface area contributed by atoms with Gasteiger partial charge in [0.2, 0.25) is 0 Å². The number of esters is 1. The molecule has 126 valence electrons. The lowest BCUT2D eigenvalue weighted by Gasteiger charge is -2.10. The Bertz CT molecular complexity index is 717. The number of hydrogen-bond donors (Lipinski definition) is 0. The molecule has 0 aliphatic carbocycles. The van der Waals surface area contributed by atoms with E-state index in [0.29, 0.717) is 12.2 Å². The molecule has 0 aliphatic rings. The molecule has 0 N–H and O–H groups in total. The van der Waals surface area contributed by atoms with Crippen LogP contribution in [-0.2, 0) is 9.53 Å². The Morgan fingerprint density at radius 3 is 2.29 bits per heavy atom. The maximum absolute atomic E-state index is 11.2. The van der Waals surface area contributed by atoms with Gasteiger partial charge < -0.3 is 14.2 Å². The summed E-state index contributed by atoms with van der Waals surface area (Å²) in [6.45, 7) is 7.66. The highest BCUT2D eigenvalue weighted by molar-refractivity contribution is 5.86. The molecule has 0 heterocycles. The Morgan fingerprint density at radius 2 is 1.71 bits per heavy atom. The van der Waals surface area contributed by atoms with Crippen molar-refractivity contribution in [2.45, 2.75) is 13.8 Å². The highest BCUT2D eigenvalue weighted by Gasteiger charge is 2.04. The van der Waals surface area contributed by atoms with Gasteiger partial charge in [-0.2, -0.15) is 0 Å². The molecule has 0 unspecified atom stereocenters. The summed E-state index contributed by atoms with van der Waals surface area (Å²) in [5, 5.41) is 0. The zero-order valence-electron chi connectivity index (χ0n) is 14.3. The number of benzene rings is 2. The van der Waals surface area contributed by atoms with Gasteiger partial charge in [-0.05, 0) is 54.8 Å². The van der Waals surface area contributed by atoms with Gasteiger partial charge in [0.1, 0.15) is 24.7 Å². The molecule has 0 bridgehead atoms. The van der Waals surface area contributed by atoms with Crippen molar-refractivity contribution in [3.05, 3.63) is 60.2 Å². The van der Waals surface area contributed by atoms with Gasteiger partial charge in [0.05, 0.1) is 7.11 Å². The van der Waals surface area contributed by atoms with Crippen LogP contribution in [0.1, 0.15) is 12.5 Å². The molecule has 0 aliphatic heterocycles. The SMILES string of the molecule is C=C(C)C(=O)OCCOc1ccc(-c2ccc(OC)c(C)c2)cc1. The third-order valence-electron chi connectivity index (χ3n) is 3.52. The number of carbonyl (C=O) groups is 1. The van der Waals surface area contributed by atoms with E-state index in [4.69, 9.17) is 14.2 Å². The van der Waals surface area contributed by atoms with Crippen LogP contribution in [0.15, 0.2) is 54.6 Å². The molecule has 24 heavy (non-hydrogen) atoms. The minimum atomic E-state index is -0.399. The van der Waals surface area contributed by atoms with Crippen molar-refractivity contribution in [3.8, 4) is 22.6 Å². The van der Waals surface area contributed by atoms with Crippen LogP contribution in [0.2, 0.25) is 0 Å². The Hall–Kier alpha value is -2.75. The van der Waals surface area contributed by atoms with Crippen LogP contribution in [0.4, 0.5) is 0 Å². The first-order valence-corrected chi connectivity index (χ1v) is 7.72. The first-order chi connectivity index (χ1) is 11.5. The van der Waals surface area contributed by atoms with Crippen molar-refractivity contribution in [2.24, 2.45) is 0 Å². The average Bonchev–Trinajstić information content (AvgIpc) is 2.59. The third-order valence-corrected chi connectivity index (χ3v) is 3.52. The van der Waals surface area contributed by atoms with Crippen molar-refractivity contribution in [3.63, 3.8) is 0 Å². The second kappa shape index (κ2) is 8.20. The lowest BCUT2D eigenvalue weighted by atomic mass is 10.0. The van der Waals surface area contributed by atoms with E-state index in [0.717, 1.165) is 28.2 Å². The van der Waals surface area contributed by atoms with Crippen LogP contribution >= 0.6 is 0 Å². The number of rotatable bonds is 7. The van der Waals surface area contributed by atoms with Gasteiger partial charge in [0.15, 0.2) is 0 Å². The van der Waals surface area contributed by atoms with Gasteiger partial charge in [-0.25, -0.2) is 4.79 Å². The number of hydrogen-bond acceptors (Lipinski definition) is 4. The first kappa shape index (κ1) is 17.6. The van der Waals surface area contributed by atoms with Crippen LogP contribution in [0.25, 0.3) is 11.1 Å². The summed E-state index contributed by atoms with van der Waals surface area (Å²) < 4.78 is 15.8. The van der Waals surface area contributed by atoms with E-state index in [9.17, 15) is 4.79 Å². The quantitative estimate of drug-likeness (QED) is 0.435. The first-order valence-electron chi connectivity index (χ1n) is 7.72. The van der Waals surface area contributed by atoms with Crippen molar-refractivity contribution in [1.82, 2.24) is 0 Å². The van der Waals surface area contributed by atoms with Crippen molar-refractivity contribution in [1.29, 1.82) is 0 Å². The second-order valence-corrected chi connectivity index (χ2v) is 5.47. The maximum atomic E-state index is 11.2. The second-order valence-electron chi connectivity index (χ2n) is 5.47. The van der Waals surface area contributed by atoms with Gasteiger partial charge in [-0.3, -0.25) is 0 Å². The molecule has 2 aromatic rings. The van der Waals surface area contributed by atoms with E-state index in [1.165, 1.54) is 0 Å². The fourth-order valence-electron chi connectivity index (χ4n) is 2.22. The molecule has 2 rings (SSSR count). The molecule has 0 fully saturated rings. The highest BCUT2D eigenvalue weighted by atomic mass is 16.6. The fourth-order valence-corrected chi connectivity index (χ4v) is 2.22. The Kier molecular flexibility index (Phi) is 6.01. The van der Waals surface area contributed by atoms with E-state index >= 15 is 0 Å². The monoisotopic (exact) mass is 326 g/mol. The molecule has 0 atom stereocenters. The number of carbonyl (C=O) groups excluding carboxylic acids is 1. The number of ether oxygens (including phenoxy) is 3. The maximum Gasteiger partial charge on any atom is 0.333 e. The van der Waals surface area contributed by atoms with Crippen molar-refractivity contribution in [2.75, 3.05) is 20.3 Å². The summed E-state index contributed by atoms with van der Waals surface area (Å²) in [6.07, 6.45) is 0. The predicted octanol–water partition coefficient (Wildman–Crippen LogP) is 4.17. The Labute approximate surface area is 142 Å². The van der Waals surface area contributed by atoms with E-state index in [2.05, 4.69) is 12.6 Å². The van der Waals surface area contributed by atoms with Crippen LogP contribution < -0.4 is 9.47 Å². The molecule has 4 heteroatoms. The summed E-state index contributed by atoms with van der Waals surface area (Å²) >= 11 is 0. The summed E-state index contributed by atoms with van der Waals surface area (Å²) in [6, 6.07) is 13.9. The number of aryl methyl sites for hydroxylation is 1. The molecule has 2 aromatic carbocycles. The normalized spacial score (nSPS) is 10.1. The summed E-state index contributed by atoms with van der Waals surface area (Å²) in [7, 11) is 1.67. The van der Waals surface area contributed by atoms with Gasteiger partial charge in [0, 0.05) is 5.57 Å². The van der Waals surface area contributed by atoms with Crippen molar-refractivity contribution < 1.29 is 19.0 Å². The summed E-state index contributed by atoms with van der Waals surface area (Å²) in [5.41, 5.74) is 3.70. The van der Waals surface area contributed by atoms with E-state index in [1.807, 2.05) is 43.3 Å². The third kappa shape index (κ3) is 4.62. The summed E-state index contributed by atoms with van der Waals surface area (Å²) in [5.74, 6) is 1.21. The molecule has 4 nitrogen and oxygen atoms in total. The minimum Gasteiger partial charge on any atom is -0.496 e. The minimum absolute atomic E-state index is 0.200. The fraction of sp³-hybridized carbons (Fsp3) is 0.250.